The summed E-state index contributed by atoms with van der Waals surface area (Å²) in [6.07, 6.45) is 3.28. The Morgan fingerprint density at radius 2 is 2.00 bits per heavy atom. The first-order valence-electron chi connectivity index (χ1n) is 11.0. The molecule has 0 saturated heterocycles. The van der Waals surface area contributed by atoms with E-state index >= 15 is 0 Å². The summed E-state index contributed by atoms with van der Waals surface area (Å²) in [6, 6.07) is 17.7. The molecule has 3 aromatic rings. The number of fused-ring (bicyclic) bond motifs is 3. The molecule has 2 atom stereocenters. The fourth-order valence-corrected chi connectivity index (χ4v) is 5.32. The van der Waals surface area contributed by atoms with E-state index in [2.05, 4.69) is 64.2 Å². The molecule has 1 aromatic heterocycles. The van der Waals surface area contributed by atoms with Gasteiger partial charge in [0.05, 0.1) is 12.1 Å². The Bertz CT molecular complexity index is 994. The van der Waals surface area contributed by atoms with E-state index in [9.17, 15) is 5.11 Å². The van der Waals surface area contributed by atoms with Crippen LogP contribution in [0, 0.1) is 6.92 Å². The summed E-state index contributed by atoms with van der Waals surface area (Å²) < 4.78 is 2.56. The highest BCUT2D eigenvalue weighted by molar-refractivity contribution is 5.87. The Hall–Kier alpha value is -2.14. The molecule has 1 aliphatic carbocycles. The fourth-order valence-electron chi connectivity index (χ4n) is 5.32. The third kappa shape index (κ3) is 3.61. The van der Waals surface area contributed by atoms with Crippen molar-refractivity contribution in [3.63, 3.8) is 0 Å². The summed E-state index contributed by atoms with van der Waals surface area (Å²) in [7, 11) is 0. The van der Waals surface area contributed by atoms with E-state index in [0.29, 0.717) is 12.6 Å². The highest BCUT2D eigenvalue weighted by Gasteiger charge is 2.35. The molecule has 29 heavy (non-hydrogen) atoms. The topological polar surface area (TPSA) is 40.4 Å². The molecule has 0 amide bonds. The van der Waals surface area contributed by atoms with Gasteiger partial charge in [-0.15, -0.1) is 0 Å². The van der Waals surface area contributed by atoms with Crippen LogP contribution in [-0.2, 0) is 19.5 Å². The molecular formula is C25H31N3O. The van der Waals surface area contributed by atoms with Gasteiger partial charge < -0.3 is 15.0 Å². The molecule has 1 aliphatic heterocycles. The van der Waals surface area contributed by atoms with Gasteiger partial charge in [0.1, 0.15) is 0 Å². The smallest absolute Gasteiger partial charge is 0.0791 e. The van der Waals surface area contributed by atoms with Crippen molar-refractivity contribution in [1.82, 2.24) is 14.8 Å². The maximum atomic E-state index is 10.7. The van der Waals surface area contributed by atoms with Crippen molar-refractivity contribution in [2.45, 2.75) is 51.4 Å². The monoisotopic (exact) mass is 389 g/mol. The summed E-state index contributed by atoms with van der Waals surface area (Å²) >= 11 is 0. The second-order valence-electron chi connectivity index (χ2n) is 8.71. The number of hydrogen-bond acceptors (Lipinski definition) is 3. The molecule has 0 saturated carbocycles. The van der Waals surface area contributed by atoms with Crippen LogP contribution in [0.15, 0.2) is 48.5 Å². The predicted molar refractivity (Wildman–Crippen MR) is 118 cm³/mol. The molecule has 4 nitrogen and oxygen atoms in total. The van der Waals surface area contributed by atoms with Crippen molar-refractivity contribution in [2.75, 3.05) is 19.6 Å². The highest BCUT2D eigenvalue weighted by atomic mass is 16.3. The molecular weight excluding hydrogens is 358 g/mol. The first-order chi connectivity index (χ1) is 14.2. The predicted octanol–water partition coefficient (Wildman–Crippen LogP) is 3.79. The summed E-state index contributed by atoms with van der Waals surface area (Å²) in [5, 5.41) is 15.6. The van der Waals surface area contributed by atoms with Gasteiger partial charge in [0.25, 0.3) is 0 Å². The lowest BCUT2D eigenvalue weighted by Crippen LogP contribution is -2.45. The number of aliphatic hydroxyl groups excluding tert-OH is 1. The normalized spacial score (nSPS) is 20.0. The van der Waals surface area contributed by atoms with Crippen LogP contribution in [0.3, 0.4) is 0 Å². The zero-order chi connectivity index (χ0) is 19.8. The van der Waals surface area contributed by atoms with Gasteiger partial charge in [0.2, 0.25) is 0 Å². The number of aliphatic hydroxyl groups is 1. The first kappa shape index (κ1) is 18.9. The van der Waals surface area contributed by atoms with Crippen LogP contribution in [0.1, 0.15) is 41.3 Å². The van der Waals surface area contributed by atoms with Gasteiger partial charge in [-0.05, 0) is 49.4 Å². The Labute approximate surface area is 173 Å². The standard InChI is InChI=1S/C25H31N3O/c1-18-10-11-23-22(14-18)21-8-5-9-24-25(21)28(23)13-12-27(24)17-20(29)16-26-15-19-6-3-2-4-7-19/h2-4,6-7,10-11,14,20,24,26,29H,5,8-9,12-13,15-17H2,1H3/t20-,24+/m1/s1. The van der Waals surface area contributed by atoms with Gasteiger partial charge in [-0.3, -0.25) is 4.90 Å². The molecule has 0 fully saturated rings. The summed E-state index contributed by atoms with van der Waals surface area (Å²) in [5.74, 6) is 0. The van der Waals surface area contributed by atoms with Crippen molar-refractivity contribution in [1.29, 1.82) is 0 Å². The maximum Gasteiger partial charge on any atom is 0.0791 e. The first-order valence-corrected chi connectivity index (χ1v) is 11.0. The van der Waals surface area contributed by atoms with E-state index in [0.717, 1.165) is 26.2 Å². The van der Waals surface area contributed by atoms with Crippen LogP contribution in [0.25, 0.3) is 10.9 Å². The van der Waals surface area contributed by atoms with E-state index in [1.807, 2.05) is 6.07 Å². The lowest BCUT2D eigenvalue weighted by atomic mass is 9.89. The SMILES string of the molecule is Cc1ccc2c(c1)c1c3n2CCN(C[C@H](O)CNCc2ccccc2)[C@H]3CCC1. The Morgan fingerprint density at radius 1 is 1.14 bits per heavy atom. The highest BCUT2D eigenvalue weighted by Crippen LogP contribution is 2.42. The Balaban J connectivity index is 1.29. The quantitative estimate of drug-likeness (QED) is 0.674. The van der Waals surface area contributed by atoms with Crippen LogP contribution in [-0.4, -0.2) is 40.3 Å². The molecule has 2 heterocycles. The number of rotatable bonds is 6. The molecule has 2 N–H and O–H groups in total. The minimum atomic E-state index is -0.345. The molecule has 0 spiro atoms. The van der Waals surface area contributed by atoms with Gasteiger partial charge in [0.15, 0.2) is 0 Å². The van der Waals surface area contributed by atoms with Crippen molar-refractivity contribution in [3.8, 4) is 0 Å². The second kappa shape index (κ2) is 7.94. The average molecular weight is 390 g/mol. The van der Waals surface area contributed by atoms with Crippen molar-refractivity contribution in [2.24, 2.45) is 0 Å². The molecule has 152 valence electrons. The molecule has 0 radical (unpaired) electrons. The number of aryl methyl sites for hydroxylation is 2. The third-order valence-electron chi connectivity index (χ3n) is 6.64. The van der Waals surface area contributed by atoms with Crippen LogP contribution >= 0.6 is 0 Å². The second-order valence-corrected chi connectivity index (χ2v) is 8.71. The van der Waals surface area contributed by atoms with E-state index in [1.165, 1.54) is 47.0 Å². The van der Waals surface area contributed by atoms with Gasteiger partial charge in [-0.2, -0.15) is 0 Å². The Kier molecular flexibility index (Phi) is 5.17. The van der Waals surface area contributed by atoms with E-state index in [-0.39, 0.29) is 6.10 Å². The van der Waals surface area contributed by atoms with Crippen LogP contribution < -0.4 is 5.32 Å². The molecule has 0 bridgehead atoms. The van der Waals surface area contributed by atoms with Crippen LogP contribution in [0.2, 0.25) is 0 Å². The Morgan fingerprint density at radius 3 is 2.86 bits per heavy atom. The van der Waals surface area contributed by atoms with Crippen molar-refractivity contribution in [3.05, 3.63) is 70.9 Å². The van der Waals surface area contributed by atoms with Gasteiger partial charge >= 0.3 is 0 Å². The minimum absolute atomic E-state index is 0.345. The maximum absolute atomic E-state index is 10.7. The van der Waals surface area contributed by atoms with E-state index < -0.39 is 0 Å². The largest absolute Gasteiger partial charge is 0.390 e. The van der Waals surface area contributed by atoms with Gasteiger partial charge in [-0.1, -0.05) is 42.0 Å². The number of aromatic nitrogens is 1. The molecule has 0 unspecified atom stereocenters. The zero-order valence-electron chi connectivity index (χ0n) is 17.3. The summed E-state index contributed by atoms with van der Waals surface area (Å²) in [5.41, 5.74) is 7.08. The summed E-state index contributed by atoms with van der Waals surface area (Å²) in [4.78, 5) is 2.53. The fraction of sp³-hybridized carbons (Fsp3) is 0.440. The molecule has 2 aromatic carbocycles. The van der Waals surface area contributed by atoms with E-state index in [4.69, 9.17) is 0 Å². The lowest BCUT2D eigenvalue weighted by Gasteiger charge is -2.40. The molecule has 5 rings (SSSR count). The number of β-amino-alcohol motifs (C(OH)–C–C–N with tert-alkyl or cyclic N) is 1. The number of hydrogen-bond donors (Lipinski definition) is 2. The van der Waals surface area contributed by atoms with Crippen molar-refractivity contribution < 1.29 is 5.11 Å². The number of benzene rings is 2. The lowest BCUT2D eigenvalue weighted by molar-refractivity contribution is 0.0639. The summed E-state index contributed by atoms with van der Waals surface area (Å²) in [6.45, 7) is 6.41. The minimum Gasteiger partial charge on any atom is -0.390 e. The number of nitrogens with zero attached hydrogens (tertiary/aromatic N) is 2. The van der Waals surface area contributed by atoms with E-state index in [1.54, 1.807) is 5.56 Å². The molecule has 2 aliphatic rings. The van der Waals surface area contributed by atoms with Crippen LogP contribution in [0.4, 0.5) is 0 Å². The van der Waals surface area contributed by atoms with Gasteiger partial charge in [-0.25, -0.2) is 0 Å². The zero-order valence-corrected chi connectivity index (χ0v) is 17.3. The van der Waals surface area contributed by atoms with Crippen molar-refractivity contribution >= 4 is 10.9 Å². The van der Waals surface area contributed by atoms with Gasteiger partial charge in [0, 0.05) is 49.3 Å². The average Bonchev–Trinajstić information content (AvgIpc) is 3.05. The van der Waals surface area contributed by atoms with Crippen LogP contribution in [0.5, 0.6) is 0 Å². The third-order valence-corrected chi connectivity index (χ3v) is 6.64. The number of nitrogens with one attached hydrogen (secondary N) is 1. The molecule has 4 heteroatoms.